The third kappa shape index (κ3) is 3.35. The highest BCUT2D eigenvalue weighted by Crippen LogP contribution is 2.33. The van der Waals surface area contributed by atoms with Gasteiger partial charge >= 0.3 is 6.18 Å². The van der Waals surface area contributed by atoms with Gasteiger partial charge in [-0.15, -0.1) is 0 Å². The summed E-state index contributed by atoms with van der Waals surface area (Å²) in [5, 5.41) is 9.78. The van der Waals surface area contributed by atoms with Gasteiger partial charge in [-0.3, -0.25) is 4.79 Å². The molecule has 2 aromatic rings. The van der Waals surface area contributed by atoms with Crippen LogP contribution in [0.3, 0.4) is 0 Å². The van der Waals surface area contributed by atoms with E-state index in [9.17, 15) is 18.0 Å². The van der Waals surface area contributed by atoms with Crippen molar-refractivity contribution in [3.05, 3.63) is 47.3 Å². The highest BCUT2D eigenvalue weighted by atomic mass is 19.4. The van der Waals surface area contributed by atoms with Crippen molar-refractivity contribution >= 4 is 5.91 Å². The van der Waals surface area contributed by atoms with Crippen molar-refractivity contribution in [2.45, 2.75) is 24.9 Å². The summed E-state index contributed by atoms with van der Waals surface area (Å²) in [6, 6.07) is 5.29. The zero-order valence-electron chi connectivity index (χ0n) is 12.2. The van der Waals surface area contributed by atoms with E-state index in [-0.39, 0.29) is 17.5 Å². The molecule has 0 bridgehead atoms. The van der Waals surface area contributed by atoms with Crippen molar-refractivity contribution in [1.29, 1.82) is 0 Å². The largest absolute Gasteiger partial charge is 0.416 e. The molecule has 5 nitrogen and oxygen atoms in total. The quantitative estimate of drug-likeness (QED) is 0.924. The third-order valence-corrected chi connectivity index (χ3v) is 4.13. The van der Waals surface area contributed by atoms with E-state index in [2.05, 4.69) is 15.4 Å². The number of aromatic amines is 1. The van der Waals surface area contributed by atoms with E-state index in [1.165, 1.54) is 18.3 Å². The standard InChI is InChI=1S/C15H15F3N4O/c16-15(17,18)12-3-1-10(2-4-12)11-5-7-22(8-6-11)14(23)13-9-19-21-20-13/h1-4,9,11H,5-8H2,(H,19,20,21). The zero-order chi connectivity index (χ0) is 16.4. The Balaban J connectivity index is 1.62. The summed E-state index contributed by atoms with van der Waals surface area (Å²) in [6.45, 7) is 1.11. The molecular formula is C15H15F3N4O. The molecule has 0 unspecified atom stereocenters. The first kappa shape index (κ1) is 15.5. The minimum absolute atomic E-state index is 0.165. The highest BCUT2D eigenvalue weighted by Gasteiger charge is 2.31. The van der Waals surface area contributed by atoms with Crippen molar-refractivity contribution in [3.8, 4) is 0 Å². The number of alkyl halides is 3. The number of aromatic nitrogens is 3. The molecule has 1 aromatic heterocycles. The molecule has 0 aliphatic carbocycles. The molecule has 1 fully saturated rings. The molecule has 1 aliphatic rings. The molecule has 2 heterocycles. The first-order valence-corrected chi connectivity index (χ1v) is 7.27. The number of H-pyrrole nitrogens is 1. The predicted octanol–water partition coefficient (Wildman–Crippen LogP) is 2.84. The van der Waals surface area contributed by atoms with Crippen LogP contribution in [-0.4, -0.2) is 39.3 Å². The molecule has 1 aromatic carbocycles. The maximum Gasteiger partial charge on any atom is 0.416 e. The lowest BCUT2D eigenvalue weighted by Crippen LogP contribution is -2.38. The van der Waals surface area contributed by atoms with Crippen molar-refractivity contribution in [3.63, 3.8) is 0 Å². The first-order chi connectivity index (χ1) is 10.9. The Bertz CT molecular complexity index is 659. The molecule has 0 saturated carbocycles. The topological polar surface area (TPSA) is 61.9 Å². The van der Waals surface area contributed by atoms with Gasteiger partial charge in [0, 0.05) is 13.1 Å². The fraction of sp³-hybridized carbons (Fsp3) is 0.400. The SMILES string of the molecule is O=C(c1cn[nH]n1)N1CCC(c2ccc(C(F)(F)F)cc2)CC1. The van der Waals surface area contributed by atoms with E-state index in [0.717, 1.165) is 30.5 Å². The summed E-state index contributed by atoms with van der Waals surface area (Å²) < 4.78 is 37.7. The molecule has 0 spiro atoms. The van der Waals surface area contributed by atoms with Gasteiger partial charge in [-0.25, -0.2) is 0 Å². The van der Waals surface area contributed by atoms with Gasteiger partial charge in [0.1, 0.15) is 0 Å². The molecule has 122 valence electrons. The molecule has 1 aliphatic heterocycles. The number of carbonyl (C=O) groups excluding carboxylic acids is 1. The second-order valence-electron chi connectivity index (χ2n) is 5.54. The minimum Gasteiger partial charge on any atom is -0.337 e. The third-order valence-electron chi connectivity index (χ3n) is 4.13. The minimum atomic E-state index is -4.31. The van der Waals surface area contributed by atoms with E-state index >= 15 is 0 Å². The number of likely N-dealkylation sites (tertiary alicyclic amines) is 1. The number of nitrogens with zero attached hydrogens (tertiary/aromatic N) is 3. The summed E-state index contributed by atoms with van der Waals surface area (Å²) in [7, 11) is 0. The Hall–Kier alpha value is -2.38. The molecule has 1 N–H and O–H groups in total. The van der Waals surface area contributed by atoms with Crippen LogP contribution in [-0.2, 0) is 6.18 Å². The van der Waals surface area contributed by atoms with Gasteiger partial charge in [-0.2, -0.15) is 28.6 Å². The summed E-state index contributed by atoms with van der Waals surface area (Å²) in [6.07, 6.45) is -1.50. The number of amides is 1. The second kappa shape index (κ2) is 6.02. The van der Waals surface area contributed by atoms with Crippen LogP contribution in [0, 0.1) is 0 Å². The predicted molar refractivity (Wildman–Crippen MR) is 75.7 cm³/mol. The van der Waals surface area contributed by atoms with E-state index in [0.29, 0.717) is 13.1 Å². The molecular weight excluding hydrogens is 309 g/mol. The molecule has 0 radical (unpaired) electrons. The van der Waals surface area contributed by atoms with Crippen LogP contribution in [0.15, 0.2) is 30.5 Å². The lowest BCUT2D eigenvalue weighted by atomic mass is 9.89. The van der Waals surface area contributed by atoms with Gasteiger partial charge in [0.15, 0.2) is 5.69 Å². The highest BCUT2D eigenvalue weighted by molar-refractivity contribution is 5.91. The number of hydrogen-bond acceptors (Lipinski definition) is 3. The van der Waals surface area contributed by atoms with Crippen LogP contribution in [0.1, 0.15) is 40.4 Å². The first-order valence-electron chi connectivity index (χ1n) is 7.27. The lowest BCUT2D eigenvalue weighted by molar-refractivity contribution is -0.137. The van der Waals surface area contributed by atoms with Crippen LogP contribution in [0.25, 0.3) is 0 Å². The average Bonchev–Trinajstić information content (AvgIpc) is 3.08. The van der Waals surface area contributed by atoms with Crippen LogP contribution in [0.2, 0.25) is 0 Å². The Morgan fingerprint density at radius 2 is 1.83 bits per heavy atom. The number of nitrogens with one attached hydrogen (secondary N) is 1. The Kier molecular flexibility index (Phi) is 4.06. The Morgan fingerprint density at radius 3 is 2.35 bits per heavy atom. The van der Waals surface area contributed by atoms with Crippen LogP contribution < -0.4 is 0 Å². The average molecular weight is 324 g/mol. The fourth-order valence-electron chi connectivity index (χ4n) is 2.83. The smallest absolute Gasteiger partial charge is 0.337 e. The number of hydrogen-bond donors (Lipinski definition) is 1. The van der Waals surface area contributed by atoms with E-state index in [1.807, 2.05) is 0 Å². The number of piperidine rings is 1. The van der Waals surface area contributed by atoms with Crippen molar-refractivity contribution in [2.24, 2.45) is 0 Å². The van der Waals surface area contributed by atoms with Crippen molar-refractivity contribution in [1.82, 2.24) is 20.3 Å². The van der Waals surface area contributed by atoms with E-state index in [4.69, 9.17) is 0 Å². The summed E-state index contributed by atoms with van der Waals surface area (Å²) in [5.74, 6) is -0.0109. The number of carbonyl (C=O) groups is 1. The van der Waals surface area contributed by atoms with Gasteiger partial charge in [-0.1, -0.05) is 12.1 Å². The van der Waals surface area contributed by atoms with Gasteiger partial charge in [-0.05, 0) is 36.5 Å². The lowest BCUT2D eigenvalue weighted by Gasteiger charge is -2.31. The Morgan fingerprint density at radius 1 is 1.17 bits per heavy atom. The summed E-state index contributed by atoms with van der Waals surface area (Å²) in [4.78, 5) is 13.8. The molecule has 3 rings (SSSR count). The van der Waals surface area contributed by atoms with Crippen molar-refractivity contribution < 1.29 is 18.0 Å². The number of halogens is 3. The van der Waals surface area contributed by atoms with Crippen molar-refractivity contribution in [2.75, 3.05) is 13.1 Å². The Labute approximate surface area is 130 Å². The molecule has 0 atom stereocenters. The summed E-state index contributed by atoms with van der Waals surface area (Å²) >= 11 is 0. The van der Waals surface area contributed by atoms with Gasteiger partial charge in [0.2, 0.25) is 0 Å². The number of benzene rings is 1. The summed E-state index contributed by atoms with van der Waals surface area (Å²) in [5.41, 5.74) is 0.518. The van der Waals surface area contributed by atoms with Gasteiger partial charge < -0.3 is 4.90 Å². The molecule has 1 amide bonds. The number of rotatable bonds is 2. The second-order valence-corrected chi connectivity index (χ2v) is 5.54. The zero-order valence-corrected chi connectivity index (χ0v) is 12.2. The fourth-order valence-corrected chi connectivity index (χ4v) is 2.83. The monoisotopic (exact) mass is 324 g/mol. The normalized spacial score (nSPS) is 16.6. The molecule has 23 heavy (non-hydrogen) atoms. The van der Waals surface area contributed by atoms with Gasteiger partial charge in [0.25, 0.3) is 5.91 Å². The van der Waals surface area contributed by atoms with Crippen LogP contribution >= 0.6 is 0 Å². The van der Waals surface area contributed by atoms with Crippen LogP contribution in [0.5, 0.6) is 0 Å². The van der Waals surface area contributed by atoms with E-state index < -0.39 is 11.7 Å². The van der Waals surface area contributed by atoms with Gasteiger partial charge in [0.05, 0.1) is 11.8 Å². The van der Waals surface area contributed by atoms with Crippen LogP contribution in [0.4, 0.5) is 13.2 Å². The maximum absolute atomic E-state index is 12.6. The maximum atomic E-state index is 12.6. The molecule has 1 saturated heterocycles. The van der Waals surface area contributed by atoms with E-state index in [1.54, 1.807) is 4.90 Å². The molecule has 8 heteroatoms.